The molecule has 0 radical (unpaired) electrons. The number of hydrogen-bond acceptors (Lipinski definition) is 5. The Kier molecular flexibility index (Phi) is 9.49. The molecular weight excluding hydrogens is 364 g/mol. The van der Waals surface area contributed by atoms with E-state index >= 15 is 0 Å². The van der Waals surface area contributed by atoms with Gasteiger partial charge in [0.2, 0.25) is 17.7 Å². The van der Waals surface area contributed by atoms with Crippen LogP contribution in [0.5, 0.6) is 0 Å². The van der Waals surface area contributed by atoms with Crippen LogP contribution in [0, 0.1) is 5.92 Å². The van der Waals surface area contributed by atoms with Gasteiger partial charge in [-0.3, -0.25) is 14.4 Å². The lowest BCUT2D eigenvalue weighted by Crippen LogP contribution is -2.54. The van der Waals surface area contributed by atoms with Crippen LogP contribution in [-0.2, 0) is 25.7 Å². The minimum absolute atomic E-state index is 0.00575. The van der Waals surface area contributed by atoms with Gasteiger partial charge in [-0.2, -0.15) is 0 Å². The van der Waals surface area contributed by atoms with Gasteiger partial charge >= 0.3 is 6.09 Å². The first-order valence-corrected chi connectivity index (χ1v) is 9.00. The number of primary amides is 1. The molecule has 1 aromatic rings. The van der Waals surface area contributed by atoms with E-state index in [1.807, 2.05) is 19.9 Å². The number of nitrogens with two attached hydrogens (primary N) is 1. The van der Waals surface area contributed by atoms with Crippen molar-refractivity contribution in [3.63, 3.8) is 0 Å². The summed E-state index contributed by atoms with van der Waals surface area (Å²) in [6.07, 6.45) is -0.896. The average Bonchev–Trinajstić information content (AvgIpc) is 2.64. The molecule has 1 rings (SSSR count). The third-order valence-corrected chi connectivity index (χ3v) is 3.81. The van der Waals surface area contributed by atoms with Crippen molar-refractivity contribution in [3.8, 4) is 0 Å². The molecule has 9 nitrogen and oxygen atoms in total. The van der Waals surface area contributed by atoms with Crippen molar-refractivity contribution in [1.82, 2.24) is 16.0 Å². The van der Waals surface area contributed by atoms with Gasteiger partial charge in [0.1, 0.15) is 18.7 Å². The number of rotatable bonds is 10. The van der Waals surface area contributed by atoms with Gasteiger partial charge in [0.25, 0.3) is 0 Å². The summed E-state index contributed by atoms with van der Waals surface area (Å²) in [6, 6.07) is 6.94. The summed E-state index contributed by atoms with van der Waals surface area (Å²) in [5.74, 6) is -1.69. The second-order valence-corrected chi connectivity index (χ2v) is 6.73. The fourth-order valence-corrected chi connectivity index (χ4v) is 2.47. The maximum absolute atomic E-state index is 12.5. The molecule has 0 aromatic heterocycles. The lowest BCUT2D eigenvalue weighted by molar-refractivity contribution is -0.131. The van der Waals surface area contributed by atoms with Gasteiger partial charge in [0.15, 0.2) is 0 Å². The Hall–Kier alpha value is -3.10. The van der Waals surface area contributed by atoms with E-state index < -0.39 is 36.4 Å². The van der Waals surface area contributed by atoms with Gasteiger partial charge in [-0.25, -0.2) is 4.79 Å². The lowest BCUT2D eigenvalue weighted by atomic mass is 10.0. The SMILES string of the molecule is CNC(=O)[C@@H](CC(C)C)NC(=O)[C@@H](CC(N)=O)NC(=O)OCc1ccccc1. The minimum Gasteiger partial charge on any atom is -0.445 e. The molecule has 0 heterocycles. The van der Waals surface area contributed by atoms with Crippen molar-refractivity contribution in [2.75, 3.05) is 7.05 Å². The minimum atomic E-state index is -1.25. The third kappa shape index (κ3) is 8.52. The standard InChI is InChI=1S/C19H28N4O5/c1-12(2)9-14(17(25)21-3)22-18(26)15(10-16(20)24)23-19(27)28-11-13-7-5-4-6-8-13/h4-8,12,14-15H,9-11H2,1-3H3,(H2,20,24)(H,21,25)(H,22,26)(H,23,27)/t14-,15-/m1/s1. The van der Waals surface area contributed by atoms with Gasteiger partial charge in [0, 0.05) is 7.05 Å². The quantitative estimate of drug-likeness (QED) is 0.457. The summed E-state index contributed by atoms with van der Waals surface area (Å²) < 4.78 is 5.07. The van der Waals surface area contributed by atoms with E-state index in [4.69, 9.17) is 10.5 Å². The maximum atomic E-state index is 12.5. The van der Waals surface area contributed by atoms with Crippen molar-refractivity contribution in [1.29, 1.82) is 0 Å². The molecule has 0 unspecified atom stereocenters. The second kappa shape index (κ2) is 11.6. The molecule has 0 aliphatic rings. The molecule has 0 saturated carbocycles. The van der Waals surface area contributed by atoms with Gasteiger partial charge in [-0.05, 0) is 17.9 Å². The lowest BCUT2D eigenvalue weighted by Gasteiger charge is -2.23. The molecule has 0 bridgehead atoms. The number of carbonyl (C=O) groups excluding carboxylic acids is 4. The van der Waals surface area contributed by atoms with Gasteiger partial charge in [-0.1, -0.05) is 44.2 Å². The molecule has 28 heavy (non-hydrogen) atoms. The number of amides is 4. The molecule has 2 atom stereocenters. The smallest absolute Gasteiger partial charge is 0.408 e. The predicted octanol–water partition coefficient (Wildman–Crippen LogP) is 0.434. The van der Waals surface area contributed by atoms with E-state index in [2.05, 4.69) is 16.0 Å². The highest BCUT2D eigenvalue weighted by Gasteiger charge is 2.28. The topological polar surface area (TPSA) is 140 Å². The van der Waals surface area contributed by atoms with E-state index in [1.54, 1.807) is 24.3 Å². The highest BCUT2D eigenvalue weighted by Crippen LogP contribution is 2.06. The molecule has 1 aromatic carbocycles. The largest absolute Gasteiger partial charge is 0.445 e. The Labute approximate surface area is 164 Å². The third-order valence-electron chi connectivity index (χ3n) is 3.81. The number of ether oxygens (including phenoxy) is 1. The highest BCUT2D eigenvalue weighted by molar-refractivity contribution is 5.93. The van der Waals surface area contributed by atoms with Crippen LogP contribution in [-0.4, -0.2) is 42.9 Å². The van der Waals surface area contributed by atoms with Crippen LogP contribution in [0.15, 0.2) is 30.3 Å². The molecular formula is C19H28N4O5. The number of alkyl carbamates (subject to hydrolysis) is 1. The Morgan fingerprint density at radius 3 is 2.18 bits per heavy atom. The monoisotopic (exact) mass is 392 g/mol. The van der Waals surface area contributed by atoms with Crippen LogP contribution in [0.3, 0.4) is 0 Å². The molecule has 5 N–H and O–H groups in total. The second-order valence-electron chi connectivity index (χ2n) is 6.73. The van der Waals surface area contributed by atoms with Crippen LogP contribution in [0.1, 0.15) is 32.3 Å². The molecule has 0 spiro atoms. The first kappa shape index (κ1) is 22.9. The van der Waals surface area contributed by atoms with Crippen molar-refractivity contribution < 1.29 is 23.9 Å². The van der Waals surface area contributed by atoms with Crippen LogP contribution < -0.4 is 21.7 Å². The zero-order valence-electron chi connectivity index (χ0n) is 16.4. The summed E-state index contributed by atoms with van der Waals surface area (Å²) in [6.45, 7) is 3.82. The summed E-state index contributed by atoms with van der Waals surface area (Å²) >= 11 is 0. The molecule has 0 saturated heterocycles. The van der Waals surface area contributed by atoms with Crippen LogP contribution in [0.4, 0.5) is 4.79 Å². The van der Waals surface area contributed by atoms with Crippen molar-refractivity contribution in [2.24, 2.45) is 11.7 Å². The molecule has 0 fully saturated rings. The number of benzene rings is 1. The summed E-state index contributed by atoms with van der Waals surface area (Å²) in [5, 5.41) is 7.36. The van der Waals surface area contributed by atoms with Gasteiger partial charge < -0.3 is 26.4 Å². The first-order valence-electron chi connectivity index (χ1n) is 9.00. The molecule has 0 aliphatic carbocycles. The van der Waals surface area contributed by atoms with Crippen molar-refractivity contribution >= 4 is 23.8 Å². The summed E-state index contributed by atoms with van der Waals surface area (Å²) in [5.41, 5.74) is 5.95. The van der Waals surface area contributed by atoms with Crippen LogP contribution in [0.25, 0.3) is 0 Å². The van der Waals surface area contributed by atoms with Gasteiger partial charge in [-0.15, -0.1) is 0 Å². The van der Waals surface area contributed by atoms with Crippen LogP contribution >= 0.6 is 0 Å². The zero-order valence-corrected chi connectivity index (χ0v) is 16.4. The van der Waals surface area contributed by atoms with Crippen molar-refractivity contribution in [2.45, 2.75) is 45.4 Å². The first-order chi connectivity index (χ1) is 13.2. The summed E-state index contributed by atoms with van der Waals surface area (Å²) in [7, 11) is 1.46. The normalized spacial score (nSPS) is 12.6. The van der Waals surface area contributed by atoms with Crippen LogP contribution in [0.2, 0.25) is 0 Å². The maximum Gasteiger partial charge on any atom is 0.408 e. The Morgan fingerprint density at radius 2 is 1.64 bits per heavy atom. The predicted molar refractivity (Wildman–Crippen MR) is 103 cm³/mol. The number of nitrogens with one attached hydrogen (secondary N) is 3. The number of carbonyl (C=O) groups is 4. The Morgan fingerprint density at radius 1 is 1.00 bits per heavy atom. The Balaban J connectivity index is 2.73. The molecule has 9 heteroatoms. The van der Waals surface area contributed by atoms with Crippen molar-refractivity contribution in [3.05, 3.63) is 35.9 Å². The molecule has 154 valence electrons. The van der Waals surface area contributed by atoms with Gasteiger partial charge in [0.05, 0.1) is 6.42 Å². The Bertz CT molecular complexity index is 678. The number of likely N-dealkylation sites (N-methyl/N-ethyl adjacent to an activating group) is 1. The highest BCUT2D eigenvalue weighted by atomic mass is 16.5. The zero-order chi connectivity index (χ0) is 21.1. The van der Waals surface area contributed by atoms with E-state index in [0.717, 1.165) is 5.56 Å². The average molecular weight is 392 g/mol. The molecule has 0 aliphatic heterocycles. The van der Waals surface area contributed by atoms with E-state index in [1.165, 1.54) is 7.05 Å². The summed E-state index contributed by atoms with van der Waals surface area (Å²) in [4.78, 5) is 47.8. The number of hydrogen-bond donors (Lipinski definition) is 4. The van der Waals surface area contributed by atoms with E-state index in [9.17, 15) is 19.2 Å². The van der Waals surface area contributed by atoms with E-state index in [0.29, 0.717) is 6.42 Å². The van der Waals surface area contributed by atoms with E-state index in [-0.39, 0.29) is 18.4 Å². The fraction of sp³-hybridized carbons (Fsp3) is 0.474. The fourth-order valence-electron chi connectivity index (χ4n) is 2.47. The molecule has 4 amide bonds.